The van der Waals surface area contributed by atoms with Gasteiger partial charge in [0.15, 0.2) is 0 Å². The maximum absolute atomic E-state index is 5.88. The second-order valence-electron chi connectivity index (χ2n) is 3.75. The minimum atomic E-state index is 0.405. The molecule has 0 radical (unpaired) electrons. The van der Waals surface area contributed by atoms with Crippen molar-refractivity contribution in [1.29, 1.82) is 0 Å². The molecule has 0 bridgehead atoms. The summed E-state index contributed by atoms with van der Waals surface area (Å²) in [7, 11) is 0. The van der Waals surface area contributed by atoms with Crippen molar-refractivity contribution in [2.45, 2.75) is 13.3 Å². The number of thiophene rings is 1. The normalized spacial score (nSPS) is 10.4. The number of nitrogen functional groups attached to an aromatic ring is 1. The first kappa shape index (κ1) is 13.1. The Balaban J connectivity index is 1.93. The molecule has 0 aromatic carbocycles. The summed E-state index contributed by atoms with van der Waals surface area (Å²) in [5.41, 5.74) is 3.41. The van der Waals surface area contributed by atoms with E-state index in [2.05, 4.69) is 20.7 Å². The van der Waals surface area contributed by atoms with Gasteiger partial charge in [-0.2, -0.15) is 4.98 Å². The van der Waals surface area contributed by atoms with Crippen molar-refractivity contribution in [2.75, 3.05) is 17.3 Å². The molecule has 0 saturated heterocycles. The first-order valence-corrected chi connectivity index (χ1v) is 6.67. The third-order valence-corrected chi connectivity index (χ3v) is 3.68. The van der Waals surface area contributed by atoms with Crippen LogP contribution in [0.1, 0.15) is 10.4 Å². The number of nitrogens with two attached hydrogens (primary N) is 1. The maximum Gasteiger partial charge on any atom is 0.239 e. The molecular formula is C11H14ClN5S. The van der Waals surface area contributed by atoms with E-state index in [0.29, 0.717) is 5.95 Å². The number of hydrazine groups is 1. The van der Waals surface area contributed by atoms with Crippen LogP contribution in [0.4, 0.5) is 11.8 Å². The molecule has 96 valence electrons. The van der Waals surface area contributed by atoms with Gasteiger partial charge in [-0.1, -0.05) is 11.6 Å². The molecule has 4 N–H and O–H groups in total. The van der Waals surface area contributed by atoms with Crippen LogP contribution < -0.4 is 16.6 Å². The molecule has 0 aliphatic rings. The third kappa shape index (κ3) is 3.32. The first-order chi connectivity index (χ1) is 8.69. The van der Waals surface area contributed by atoms with E-state index in [-0.39, 0.29) is 0 Å². The molecule has 2 heterocycles. The number of aryl methyl sites for hydroxylation is 1. The molecule has 18 heavy (non-hydrogen) atoms. The number of hydrogen-bond donors (Lipinski definition) is 3. The molecule has 0 atom stereocenters. The third-order valence-electron chi connectivity index (χ3n) is 2.39. The fraction of sp³-hybridized carbons (Fsp3) is 0.273. The van der Waals surface area contributed by atoms with Gasteiger partial charge in [-0.25, -0.2) is 10.8 Å². The molecule has 0 amide bonds. The lowest BCUT2D eigenvalue weighted by atomic mass is 10.3. The zero-order chi connectivity index (χ0) is 13.0. The van der Waals surface area contributed by atoms with Crippen molar-refractivity contribution in [2.24, 2.45) is 5.84 Å². The quantitative estimate of drug-likeness (QED) is 0.580. The van der Waals surface area contributed by atoms with Crippen molar-refractivity contribution in [1.82, 2.24) is 9.97 Å². The van der Waals surface area contributed by atoms with Crippen LogP contribution in [0.2, 0.25) is 4.34 Å². The highest BCUT2D eigenvalue weighted by Crippen LogP contribution is 2.21. The summed E-state index contributed by atoms with van der Waals surface area (Å²) in [5.74, 6) is 6.47. The summed E-state index contributed by atoms with van der Waals surface area (Å²) in [6.07, 6.45) is 2.64. The lowest BCUT2D eigenvalue weighted by Gasteiger charge is -2.08. The highest BCUT2D eigenvalue weighted by atomic mass is 35.5. The van der Waals surface area contributed by atoms with E-state index in [9.17, 15) is 0 Å². The Morgan fingerprint density at radius 2 is 2.28 bits per heavy atom. The number of halogens is 1. The van der Waals surface area contributed by atoms with E-state index in [1.165, 1.54) is 4.88 Å². The molecule has 7 heteroatoms. The predicted octanol–water partition coefficient (Wildman–Crippen LogP) is 2.44. The zero-order valence-corrected chi connectivity index (χ0v) is 11.5. The van der Waals surface area contributed by atoms with E-state index in [1.807, 2.05) is 19.1 Å². The Morgan fingerprint density at radius 3 is 2.94 bits per heavy atom. The van der Waals surface area contributed by atoms with E-state index in [0.717, 1.165) is 28.7 Å². The molecule has 0 saturated carbocycles. The van der Waals surface area contributed by atoms with Gasteiger partial charge in [0.25, 0.3) is 0 Å². The fourth-order valence-corrected chi connectivity index (χ4v) is 2.57. The number of nitrogens with one attached hydrogen (secondary N) is 2. The monoisotopic (exact) mass is 283 g/mol. The second-order valence-corrected chi connectivity index (χ2v) is 5.55. The summed E-state index contributed by atoms with van der Waals surface area (Å²) in [4.78, 5) is 9.52. The number of rotatable bonds is 5. The predicted molar refractivity (Wildman–Crippen MR) is 76.1 cm³/mol. The molecule has 0 unspecified atom stereocenters. The smallest absolute Gasteiger partial charge is 0.239 e. The van der Waals surface area contributed by atoms with Gasteiger partial charge in [-0.3, -0.25) is 5.43 Å². The molecule has 0 fully saturated rings. The first-order valence-electron chi connectivity index (χ1n) is 5.47. The Labute approximate surface area is 114 Å². The van der Waals surface area contributed by atoms with E-state index in [1.54, 1.807) is 17.5 Å². The molecule has 2 rings (SSSR count). The van der Waals surface area contributed by atoms with Gasteiger partial charge in [-0.05, 0) is 25.5 Å². The number of aromatic nitrogens is 2. The van der Waals surface area contributed by atoms with Gasteiger partial charge in [0.1, 0.15) is 5.82 Å². The topological polar surface area (TPSA) is 75.9 Å². The van der Waals surface area contributed by atoms with Crippen molar-refractivity contribution >= 4 is 34.7 Å². The molecular weight excluding hydrogens is 270 g/mol. The van der Waals surface area contributed by atoms with E-state index in [4.69, 9.17) is 17.4 Å². The average Bonchev–Trinajstić information content (AvgIpc) is 2.77. The second kappa shape index (κ2) is 5.99. The van der Waals surface area contributed by atoms with Gasteiger partial charge in [0, 0.05) is 23.2 Å². The molecule has 0 spiro atoms. The van der Waals surface area contributed by atoms with E-state index >= 15 is 0 Å². The minimum Gasteiger partial charge on any atom is -0.369 e. The van der Waals surface area contributed by atoms with Gasteiger partial charge < -0.3 is 5.32 Å². The van der Waals surface area contributed by atoms with Gasteiger partial charge in [0.2, 0.25) is 5.95 Å². The Hall–Kier alpha value is -1.37. The summed E-state index contributed by atoms with van der Waals surface area (Å²) in [6, 6.07) is 3.95. The Kier molecular flexibility index (Phi) is 4.35. The fourth-order valence-electron chi connectivity index (χ4n) is 1.48. The highest BCUT2D eigenvalue weighted by molar-refractivity contribution is 7.16. The minimum absolute atomic E-state index is 0.405. The summed E-state index contributed by atoms with van der Waals surface area (Å²) >= 11 is 7.47. The van der Waals surface area contributed by atoms with Crippen molar-refractivity contribution < 1.29 is 0 Å². The average molecular weight is 284 g/mol. The lowest BCUT2D eigenvalue weighted by molar-refractivity contribution is 1.00. The van der Waals surface area contributed by atoms with Crippen LogP contribution in [0.25, 0.3) is 0 Å². The summed E-state index contributed by atoms with van der Waals surface area (Å²) < 4.78 is 0.817. The Bertz CT molecular complexity index is 528. The van der Waals surface area contributed by atoms with E-state index < -0.39 is 0 Å². The SMILES string of the molecule is Cc1cnc(NN)nc1NCCc1ccc(Cl)s1. The number of nitrogens with zero attached hydrogens (tertiary/aromatic N) is 2. The standard InChI is InChI=1S/C11H14ClN5S/c1-7-6-15-11(17-13)16-10(7)14-5-4-8-2-3-9(12)18-8/h2-3,6H,4-5,13H2,1H3,(H2,14,15,16,17). The van der Waals surface area contributed by atoms with Crippen LogP contribution in [0.5, 0.6) is 0 Å². The van der Waals surface area contributed by atoms with Crippen molar-refractivity contribution in [3.05, 3.63) is 33.1 Å². The van der Waals surface area contributed by atoms with Crippen LogP contribution in [-0.4, -0.2) is 16.5 Å². The number of anilines is 2. The van der Waals surface area contributed by atoms with Gasteiger partial charge in [-0.15, -0.1) is 11.3 Å². The molecule has 2 aromatic rings. The number of hydrogen-bond acceptors (Lipinski definition) is 6. The van der Waals surface area contributed by atoms with Crippen LogP contribution >= 0.6 is 22.9 Å². The van der Waals surface area contributed by atoms with Crippen molar-refractivity contribution in [3.63, 3.8) is 0 Å². The van der Waals surface area contributed by atoms with Crippen LogP contribution in [0.15, 0.2) is 18.3 Å². The highest BCUT2D eigenvalue weighted by Gasteiger charge is 2.03. The summed E-state index contributed by atoms with van der Waals surface area (Å²) in [6.45, 7) is 2.74. The maximum atomic E-state index is 5.88. The van der Waals surface area contributed by atoms with Crippen molar-refractivity contribution in [3.8, 4) is 0 Å². The van der Waals surface area contributed by atoms with Crippen LogP contribution in [0, 0.1) is 6.92 Å². The van der Waals surface area contributed by atoms with Gasteiger partial charge >= 0.3 is 0 Å². The van der Waals surface area contributed by atoms with Crippen LogP contribution in [-0.2, 0) is 6.42 Å². The largest absolute Gasteiger partial charge is 0.369 e. The molecule has 0 aliphatic carbocycles. The summed E-state index contributed by atoms with van der Waals surface area (Å²) in [5, 5.41) is 3.26. The Morgan fingerprint density at radius 1 is 1.44 bits per heavy atom. The zero-order valence-electron chi connectivity index (χ0n) is 9.90. The molecule has 2 aromatic heterocycles. The molecule has 5 nitrogen and oxygen atoms in total. The van der Waals surface area contributed by atoms with Crippen LogP contribution in [0.3, 0.4) is 0 Å². The lowest BCUT2D eigenvalue weighted by Crippen LogP contribution is -2.13. The van der Waals surface area contributed by atoms with Gasteiger partial charge in [0.05, 0.1) is 4.34 Å². The molecule has 0 aliphatic heterocycles.